The van der Waals surface area contributed by atoms with Crippen molar-refractivity contribution in [2.75, 3.05) is 5.32 Å². The van der Waals surface area contributed by atoms with Crippen LogP contribution in [-0.2, 0) is 11.2 Å². The van der Waals surface area contributed by atoms with Crippen molar-refractivity contribution < 1.29 is 18.4 Å². The van der Waals surface area contributed by atoms with E-state index in [9.17, 15) is 18.4 Å². The van der Waals surface area contributed by atoms with Crippen molar-refractivity contribution in [3.63, 3.8) is 0 Å². The number of nitrogens with zero attached hydrogens (tertiary/aromatic N) is 2. The summed E-state index contributed by atoms with van der Waals surface area (Å²) in [6.45, 7) is 5.60. The molecule has 8 heteroatoms. The quantitative estimate of drug-likeness (QED) is 0.593. The summed E-state index contributed by atoms with van der Waals surface area (Å²) in [6, 6.07) is 12.1. The van der Waals surface area contributed by atoms with Gasteiger partial charge in [-0.15, -0.1) is 0 Å². The van der Waals surface area contributed by atoms with Crippen molar-refractivity contribution in [1.82, 2.24) is 10.4 Å². The van der Waals surface area contributed by atoms with Gasteiger partial charge in [-0.3, -0.25) is 14.6 Å². The van der Waals surface area contributed by atoms with Gasteiger partial charge in [-0.05, 0) is 56.2 Å². The van der Waals surface area contributed by atoms with Gasteiger partial charge in [0.25, 0.3) is 11.8 Å². The van der Waals surface area contributed by atoms with Crippen molar-refractivity contribution in [2.45, 2.75) is 27.2 Å². The first-order valence-electron chi connectivity index (χ1n) is 10.5. The van der Waals surface area contributed by atoms with E-state index in [1.165, 1.54) is 6.07 Å². The van der Waals surface area contributed by atoms with Crippen LogP contribution in [0, 0.1) is 17.0 Å². The van der Waals surface area contributed by atoms with Gasteiger partial charge in [-0.25, -0.2) is 14.2 Å². The lowest BCUT2D eigenvalue weighted by molar-refractivity contribution is -0.125. The zero-order valence-electron chi connectivity index (χ0n) is 18.4. The molecule has 0 unspecified atom stereocenters. The molecule has 1 aliphatic heterocycles. The Morgan fingerprint density at radius 1 is 1.06 bits per heavy atom. The smallest absolute Gasteiger partial charge is 0.261 e. The number of anilines is 1. The molecule has 0 atom stereocenters. The van der Waals surface area contributed by atoms with Crippen molar-refractivity contribution in [2.24, 2.45) is 10.5 Å². The second-order valence-corrected chi connectivity index (χ2v) is 8.23. The third-order valence-electron chi connectivity index (χ3n) is 5.65. The Bertz CT molecular complexity index is 1260. The van der Waals surface area contributed by atoms with Gasteiger partial charge >= 0.3 is 0 Å². The van der Waals surface area contributed by atoms with Crippen molar-refractivity contribution in [3.8, 4) is 11.1 Å². The van der Waals surface area contributed by atoms with E-state index in [1.54, 1.807) is 44.3 Å². The summed E-state index contributed by atoms with van der Waals surface area (Å²) in [5, 5.41) is 6.71. The highest BCUT2D eigenvalue weighted by molar-refractivity contribution is 6.19. The Hall–Kier alpha value is -3.94. The summed E-state index contributed by atoms with van der Waals surface area (Å²) in [4.78, 5) is 29.0. The summed E-state index contributed by atoms with van der Waals surface area (Å²) in [7, 11) is 0. The van der Waals surface area contributed by atoms with E-state index in [0.29, 0.717) is 17.8 Å². The fraction of sp³-hybridized carbons (Fsp3) is 0.200. The van der Waals surface area contributed by atoms with Crippen LogP contribution in [0.5, 0.6) is 0 Å². The molecular formula is C25H22F2N4O2. The van der Waals surface area contributed by atoms with Gasteiger partial charge < -0.3 is 5.32 Å². The first kappa shape index (κ1) is 22.3. The van der Waals surface area contributed by atoms with Crippen LogP contribution in [-0.4, -0.2) is 22.5 Å². The fourth-order valence-electron chi connectivity index (χ4n) is 3.71. The maximum absolute atomic E-state index is 13.9. The molecule has 2 amide bonds. The largest absolute Gasteiger partial charge is 0.322 e. The van der Waals surface area contributed by atoms with Gasteiger partial charge in [0.05, 0.1) is 11.1 Å². The normalized spacial score (nSPS) is 14.6. The molecule has 168 valence electrons. The van der Waals surface area contributed by atoms with Crippen LogP contribution >= 0.6 is 0 Å². The minimum Gasteiger partial charge on any atom is -0.322 e. The van der Waals surface area contributed by atoms with E-state index < -0.39 is 28.5 Å². The molecule has 0 spiro atoms. The zero-order chi connectivity index (χ0) is 23.8. The van der Waals surface area contributed by atoms with Gasteiger partial charge in [0.1, 0.15) is 17.2 Å². The molecule has 0 bridgehead atoms. The van der Waals surface area contributed by atoms with E-state index >= 15 is 0 Å². The number of carbonyl (C=O) groups is 2. The molecule has 1 aromatic heterocycles. The van der Waals surface area contributed by atoms with Gasteiger partial charge in [0, 0.05) is 28.7 Å². The van der Waals surface area contributed by atoms with E-state index in [2.05, 4.69) is 20.8 Å². The molecule has 6 nitrogen and oxygen atoms in total. The Morgan fingerprint density at radius 3 is 2.30 bits per heavy atom. The monoisotopic (exact) mass is 448 g/mol. The minimum absolute atomic E-state index is 0.176. The lowest BCUT2D eigenvalue weighted by Gasteiger charge is -2.18. The molecule has 0 radical (unpaired) electrons. The van der Waals surface area contributed by atoms with Crippen LogP contribution in [0.1, 0.15) is 42.4 Å². The van der Waals surface area contributed by atoms with E-state index in [4.69, 9.17) is 0 Å². The molecular weight excluding hydrogens is 426 g/mol. The number of aryl methyl sites for hydroxylation is 1. The van der Waals surface area contributed by atoms with Gasteiger partial charge in [0.15, 0.2) is 0 Å². The molecule has 0 fully saturated rings. The highest BCUT2D eigenvalue weighted by atomic mass is 19.1. The second kappa shape index (κ2) is 8.54. The molecule has 2 N–H and O–H groups in total. The highest BCUT2D eigenvalue weighted by Crippen LogP contribution is 2.31. The lowest BCUT2D eigenvalue weighted by atomic mass is 9.83. The Kier molecular flexibility index (Phi) is 5.76. The summed E-state index contributed by atoms with van der Waals surface area (Å²) < 4.78 is 27.7. The number of rotatable bonds is 5. The molecule has 3 aromatic rings. The Balaban J connectivity index is 1.62. The van der Waals surface area contributed by atoms with Crippen molar-refractivity contribution in [3.05, 3.63) is 83.2 Å². The summed E-state index contributed by atoms with van der Waals surface area (Å²) in [5.74, 6) is -2.89. The second-order valence-electron chi connectivity index (χ2n) is 8.23. The third kappa shape index (κ3) is 4.11. The number of hydrogen-bond acceptors (Lipinski definition) is 4. The number of halogens is 2. The minimum atomic E-state index is -0.926. The van der Waals surface area contributed by atoms with Crippen molar-refractivity contribution in [1.29, 1.82) is 0 Å². The molecule has 0 aliphatic carbocycles. The SMILES string of the molecule is CCc1ncc(C2=NNC(=O)C2(C)C)cc1-c1ccc(NC(=O)c2c(F)cccc2F)cc1. The average molecular weight is 448 g/mol. The van der Waals surface area contributed by atoms with Crippen molar-refractivity contribution >= 4 is 23.2 Å². The predicted octanol–water partition coefficient (Wildman–Crippen LogP) is 4.70. The van der Waals surface area contributed by atoms with E-state index in [-0.39, 0.29) is 5.91 Å². The number of carbonyl (C=O) groups excluding carboxylic acids is 2. The number of nitrogens with one attached hydrogen (secondary N) is 2. The van der Waals surface area contributed by atoms with Crippen LogP contribution in [0.3, 0.4) is 0 Å². The van der Waals surface area contributed by atoms with Crippen LogP contribution in [0.2, 0.25) is 0 Å². The van der Waals surface area contributed by atoms with Crippen LogP contribution in [0.4, 0.5) is 14.5 Å². The highest BCUT2D eigenvalue weighted by Gasteiger charge is 2.39. The maximum Gasteiger partial charge on any atom is 0.261 e. The van der Waals surface area contributed by atoms with Crippen LogP contribution < -0.4 is 10.7 Å². The molecule has 4 rings (SSSR count). The third-order valence-corrected chi connectivity index (χ3v) is 5.65. The van der Waals surface area contributed by atoms with Gasteiger partial charge in [-0.2, -0.15) is 5.10 Å². The van der Waals surface area contributed by atoms with Gasteiger partial charge in [0.2, 0.25) is 0 Å². The molecule has 2 heterocycles. The van der Waals surface area contributed by atoms with E-state index in [0.717, 1.165) is 34.5 Å². The average Bonchev–Trinajstić information content (AvgIpc) is 3.06. The van der Waals surface area contributed by atoms with Crippen LogP contribution in [0.25, 0.3) is 11.1 Å². The summed E-state index contributed by atoms with van der Waals surface area (Å²) in [6.07, 6.45) is 2.40. The predicted molar refractivity (Wildman–Crippen MR) is 122 cm³/mol. The standard InChI is InChI=1S/C25H22F2N4O2/c1-4-20-17(12-15(13-28-20)22-25(2,3)24(33)31-30-22)14-8-10-16(11-9-14)29-23(32)21-18(26)6-5-7-19(21)27/h5-13H,4H2,1-3H3,(H,29,32)(H,31,33). The number of amides is 2. The molecule has 0 saturated heterocycles. The number of aromatic nitrogens is 1. The van der Waals surface area contributed by atoms with Gasteiger partial charge in [-0.1, -0.05) is 25.1 Å². The Morgan fingerprint density at radius 2 is 1.73 bits per heavy atom. The lowest BCUT2D eigenvalue weighted by Crippen LogP contribution is -2.32. The molecule has 1 aliphatic rings. The Labute approximate surface area is 189 Å². The maximum atomic E-state index is 13.9. The zero-order valence-corrected chi connectivity index (χ0v) is 18.4. The van der Waals surface area contributed by atoms with E-state index in [1.807, 2.05) is 13.0 Å². The first-order valence-corrected chi connectivity index (χ1v) is 10.5. The summed E-state index contributed by atoms with van der Waals surface area (Å²) >= 11 is 0. The topological polar surface area (TPSA) is 83.4 Å². The summed E-state index contributed by atoms with van der Waals surface area (Å²) in [5.41, 5.74) is 5.42. The molecule has 2 aromatic carbocycles. The number of hydrazone groups is 1. The number of benzene rings is 2. The molecule has 33 heavy (non-hydrogen) atoms. The number of pyridine rings is 1. The fourth-order valence-corrected chi connectivity index (χ4v) is 3.71. The number of hydrogen-bond donors (Lipinski definition) is 2. The molecule has 0 saturated carbocycles. The van der Waals surface area contributed by atoms with Crippen LogP contribution in [0.15, 0.2) is 59.8 Å². The first-order chi connectivity index (χ1) is 15.7.